The molecule has 1 aromatic carbocycles. The topological polar surface area (TPSA) is 61.6 Å². The zero-order chi connectivity index (χ0) is 14.5. The van der Waals surface area contributed by atoms with Crippen molar-refractivity contribution in [3.63, 3.8) is 0 Å². The normalized spacial score (nSPS) is 17.1. The number of hydrogen-bond donors (Lipinski definition) is 2. The average molecular weight is 297 g/mol. The van der Waals surface area contributed by atoms with Crippen LogP contribution in [0, 0.1) is 0 Å². The highest BCUT2D eigenvalue weighted by molar-refractivity contribution is 6.31. The van der Waals surface area contributed by atoms with E-state index in [-0.39, 0.29) is 5.91 Å². The van der Waals surface area contributed by atoms with Crippen LogP contribution in [0.2, 0.25) is 5.02 Å². The molecular weight excluding hydrogens is 276 g/mol. The van der Waals surface area contributed by atoms with Gasteiger partial charge in [-0.2, -0.15) is 0 Å². The molecule has 5 nitrogen and oxygen atoms in total. The molecule has 0 aliphatic carbocycles. The minimum Gasteiger partial charge on any atom is -0.397 e. The van der Waals surface area contributed by atoms with Gasteiger partial charge in [0, 0.05) is 44.2 Å². The molecule has 1 aromatic rings. The van der Waals surface area contributed by atoms with Crippen LogP contribution >= 0.6 is 11.6 Å². The minimum atomic E-state index is -0.0158. The smallest absolute Gasteiger partial charge is 0.225 e. The number of nitrogens with one attached hydrogen (secondary N) is 1. The second-order valence-electron chi connectivity index (χ2n) is 5.17. The van der Waals surface area contributed by atoms with Crippen molar-refractivity contribution in [2.24, 2.45) is 0 Å². The van der Waals surface area contributed by atoms with Crippen LogP contribution in [0.15, 0.2) is 18.2 Å². The lowest BCUT2D eigenvalue weighted by Gasteiger charge is -2.32. The number of nitrogens with zero attached hydrogens (tertiary/aromatic N) is 2. The van der Waals surface area contributed by atoms with Gasteiger partial charge < -0.3 is 20.9 Å². The maximum atomic E-state index is 11.9. The van der Waals surface area contributed by atoms with Crippen molar-refractivity contribution in [1.82, 2.24) is 9.80 Å². The quantitative estimate of drug-likeness (QED) is 0.827. The summed E-state index contributed by atoms with van der Waals surface area (Å²) < 4.78 is 0. The van der Waals surface area contributed by atoms with Gasteiger partial charge in [-0.1, -0.05) is 11.6 Å². The molecule has 0 aromatic heterocycles. The summed E-state index contributed by atoms with van der Waals surface area (Å²) in [5.74, 6) is -0.0158. The molecule has 1 heterocycles. The molecule has 0 radical (unpaired) electrons. The summed E-state index contributed by atoms with van der Waals surface area (Å²) >= 11 is 5.82. The number of nitrogen functional groups attached to an aromatic ring is 1. The van der Waals surface area contributed by atoms with E-state index in [1.807, 2.05) is 0 Å². The first kappa shape index (κ1) is 15.1. The van der Waals surface area contributed by atoms with Gasteiger partial charge in [0.15, 0.2) is 0 Å². The molecule has 1 saturated heterocycles. The predicted molar refractivity (Wildman–Crippen MR) is 83.0 cm³/mol. The third kappa shape index (κ3) is 4.37. The first-order valence-electron chi connectivity index (χ1n) is 6.80. The Morgan fingerprint density at radius 3 is 2.70 bits per heavy atom. The maximum Gasteiger partial charge on any atom is 0.225 e. The Bertz CT molecular complexity index is 472. The third-order valence-corrected chi connectivity index (χ3v) is 3.77. The van der Waals surface area contributed by atoms with Gasteiger partial charge in [-0.3, -0.25) is 4.79 Å². The van der Waals surface area contributed by atoms with E-state index in [4.69, 9.17) is 17.3 Å². The lowest BCUT2D eigenvalue weighted by molar-refractivity contribution is -0.116. The van der Waals surface area contributed by atoms with Gasteiger partial charge >= 0.3 is 0 Å². The van der Waals surface area contributed by atoms with Gasteiger partial charge in [0.2, 0.25) is 5.91 Å². The van der Waals surface area contributed by atoms with Crippen molar-refractivity contribution in [2.45, 2.75) is 6.42 Å². The van der Waals surface area contributed by atoms with E-state index in [1.54, 1.807) is 18.2 Å². The van der Waals surface area contributed by atoms with Gasteiger partial charge in [-0.15, -0.1) is 0 Å². The fourth-order valence-electron chi connectivity index (χ4n) is 2.19. The molecule has 0 unspecified atom stereocenters. The fourth-order valence-corrected chi connectivity index (χ4v) is 2.37. The van der Waals surface area contributed by atoms with Gasteiger partial charge in [-0.25, -0.2) is 0 Å². The van der Waals surface area contributed by atoms with Gasteiger partial charge in [0.25, 0.3) is 0 Å². The number of benzene rings is 1. The van der Waals surface area contributed by atoms with E-state index in [2.05, 4.69) is 22.2 Å². The minimum absolute atomic E-state index is 0.0158. The van der Waals surface area contributed by atoms with Crippen LogP contribution in [-0.2, 0) is 4.79 Å². The van der Waals surface area contributed by atoms with Crippen LogP contribution < -0.4 is 11.1 Å². The fraction of sp³-hybridized carbons (Fsp3) is 0.500. The summed E-state index contributed by atoms with van der Waals surface area (Å²) in [6.45, 7) is 4.95. The van der Waals surface area contributed by atoms with Crippen LogP contribution in [-0.4, -0.2) is 55.5 Å². The van der Waals surface area contributed by atoms with Gasteiger partial charge in [0.05, 0.1) is 11.4 Å². The summed E-state index contributed by atoms with van der Waals surface area (Å²) in [5.41, 5.74) is 6.92. The SMILES string of the molecule is CN1CCN(CCC(=O)Nc2ccc(Cl)cc2N)CC1. The van der Waals surface area contributed by atoms with Crippen molar-refractivity contribution in [1.29, 1.82) is 0 Å². The van der Waals surface area contributed by atoms with E-state index in [1.165, 1.54) is 0 Å². The highest BCUT2D eigenvalue weighted by Crippen LogP contribution is 2.22. The number of piperazine rings is 1. The van der Waals surface area contributed by atoms with E-state index in [9.17, 15) is 4.79 Å². The molecule has 2 rings (SSSR count). The Hall–Kier alpha value is -1.30. The number of carbonyl (C=O) groups is 1. The van der Waals surface area contributed by atoms with E-state index >= 15 is 0 Å². The van der Waals surface area contributed by atoms with Gasteiger partial charge in [-0.05, 0) is 25.2 Å². The molecule has 0 saturated carbocycles. The summed E-state index contributed by atoms with van der Waals surface area (Å²) in [6, 6.07) is 5.08. The number of anilines is 2. The molecule has 1 amide bonds. The zero-order valence-corrected chi connectivity index (χ0v) is 12.5. The lowest BCUT2D eigenvalue weighted by atomic mass is 10.2. The second kappa shape index (κ2) is 6.92. The number of halogens is 1. The zero-order valence-electron chi connectivity index (χ0n) is 11.7. The number of nitrogens with two attached hydrogens (primary N) is 1. The third-order valence-electron chi connectivity index (χ3n) is 3.54. The highest BCUT2D eigenvalue weighted by Gasteiger charge is 2.14. The van der Waals surface area contributed by atoms with Crippen molar-refractivity contribution in [3.8, 4) is 0 Å². The van der Waals surface area contributed by atoms with Crippen molar-refractivity contribution >= 4 is 28.9 Å². The van der Waals surface area contributed by atoms with Crippen LogP contribution in [0.1, 0.15) is 6.42 Å². The summed E-state index contributed by atoms with van der Waals surface area (Å²) in [7, 11) is 2.12. The molecule has 3 N–H and O–H groups in total. The molecular formula is C14H21ClN4O. The number of rotatable bonds is 4. The molecule has 6 heteroatoms. The second-order valence-corrected chi connectivity index (χ2v) is 5.61. The van der Waals surface area contributed by atoms with Crippen molar-refractivity contribution in [3.05, 3.63) is 23.2 Å². The number of likely N-dealkylation sites (N-methyl/N-ethyl adjacent to an activating group) is 1. The Labute approximate surface area is 124 Å². The number of hydrogen-bond acceptors (Lipinski definition) is 4. The van der Waals surface area contributed by atoms with Crippen molar-refractivity contribution < 1.29 is 4.79 Å². The largest absolute Gasteiger partial charge is 0.397 e. The van der Waals surface area contributed by atoms with E-state index < -0.39 is 0 Å². The van der Waals surface area contributed by atoms with Crippen LogP contribution in [0.5, 0.6) is 0 Å². The first-order valence-corrected chi connectivity index (χ1v) is 7.18. The summed E-state index contributed by atoms with van der Waals surface area (Å²) in [5, 5.41) is 3.39. The monoisotopic (exact) mass is 296 g/mol. The summed E-state index contributed by atoms with van der Waals surface area (Å²) in [6.07, 6.45) is 0.478. The molecule has 0 spiro atoms. The Morgan fingerprint density at radius 1 is 1.35 bits per heavy atom. The predicted octanol–water partition coefficient (Wildman–Crippen LogP) is 1.50. The summed E-state index contributed by atoms with van der Waals surface area (Å²) in [4.78, 5) is 16.5. The first-order chi connectivity index (χ1) is 9.54. The molecule has 1 aliphatic rings. The van der Waals surface area contributed by atoms with Crippen LogP contribution in [0.4, 0.5) is 11.4 Å². The Kier molecular flexibility index (Phi) is 5.23. The van der Waals surface area contributed by atoms with Gasteiger partial charge in [0.1, 0.15) is 0 Å². The van der Waals surface area contributed by atoms with Crippen molar-refractivity contribution in [2.75, 3.05) is 50.8 Å². The average Bonchev–Trinajstić information content (AvgIpc) is 2.41. The van der Waals surface area contributed by atoms with E-state index in [0.29, 0.717) is 22.8 Å². The van der Waals surface area contributed by atoms with Crippen LogP contribution in [0.25, 0.3) is 0 Å². The molecule has 110 valence electrons. The molecule has 1 fully saturated rings. The Morgan fingerprint density at radius 2 is 2.05 bits per heavy atom. The van der Waals surface area contributed by atoms with E-state index in [0.717, 1.165) is 32.7 Å². The molecule has 20 heavy (non-hydrogen) atoms. The molecule has 1 aliphatic heterocycles. The maximum absolute atomic E-state index is 11.9. The molecule has 0 bridgehead atoms. The molecule has 0 atom stereocenters. The Balaban J connectivity index is 1.78. The standard InChI is InChI=1S/C14H21ClN4O/c1-18-6-8-19(9-7-18)5-4-14(20)17-13-3-2-11(15)10-12(13)16/h2-3,10H,4-9,16H2,1H3,(H,17,20). The number of carbonyl (C=O) groups excluding carboxylic acids is 1. The van der Waals surface area contributed by atoms with Crippen LogP contribution in [0.3, 0.4) is 0 Å². The highest BCUT2D eigenvalue weighted by atomic mass is 35.5. The number of amides is 1. The lowest BCUT2D eigenvalue weighted by Crippen LogP contribution is -2.45.